The highest BCUT2D eigenvalue weighted by molar-refractivity contribution is 6.31. The summed E-state index contributed by atoms with van der Waals surface area (Å²) in [6, 6.07) is 23.4. The molecule has 3 aromatic carbocycles. The molecule has 1 N–H and O–H groups in total. The van der Waals surface area contributed by atoms with Crippen molar-refractivity contribution in [3.63, 3.8) is 0 Å². The molecule has 1 amide bonds. The molecule has 178 valence electrons. The Hall–Kier alpha value is -3.41. The van der Waals surface area contributed by atoms with Gasteiger partial charge in [0.2, 0.25) is 5.91 Å². The van der Waals surface area contributed by atoms with Crippen molar-refractivity contribution in [1.82, 2.24) is 4.98 Å². The van der Waals surface area contributed by atoms with E-state index in [0.717, 1.165) is 45.4 Å². The summed E-state index contributed by atoms with van der Waals surface area (Å²) < 4.78 is 6.02. The number of carbonyl (C=O) groups is 1. The van der Waals surface area contributed by atoms with Crippen molar-refractivity contribution < 1.29 is 14.6 Å². The van der Waals surface area contributed by atoms with Gasteiger partial charge in [0, 0.05) is 30.1 Å². The van der Waals surface area contributed by atoms with Crippen LogP contribution in [-0.2, 0) is 24.2 Å². The second-order valence-corrected chi connectivity index (χ2v) is 9.55. The smallest absolute Gasteiger partial charge is 0.223 e. The molecular formula is C29H27ClN2O3. The van der Waals surface area contributed by atoms with Crippen molar-refractivity contribution in [2.24, 2.45) is 5.92 Å². The normalized spacial score (nSPS) is 16.8. The number of amides is 1. The van der Waals surface area contributed by atoms with E-state index in [2.05, 4.69) is 4.98 Å². The maximum Gasteiger partial charge on any atom is 0.223 e. The summed E-state index contributed by atoms with van der Waals surface area (Å²) in [5, 5.41) is 12.8. The number of para-hydroxylation sites is 1. The number of rotatable bonds is 6. The Morgan fingerprint density at radius 3 is 2.74 bits per heavy atom. The molecule has 0 radical (unpaired) electrons. The Balaban J connectivity index is 1.29. The van der Waals surface area contributed by atoms with Gasteiger partial charge in [-0.05, 0) is 71.8 Å². The molecule has 6 heteroatoms. The summed E-state index contributed by atoms with van der Waals surface area (Å²) in [6.07, 6.45) is 0.871. The first kappa shape index (κ1) is 23.3. The third kappa shape index (κ3) is 4.88. The van der Waals surface area contributed by atoms with Crippen LogP contribution in [0.1, 0.15) is 35.4 Å². The number of hydrogen-bond donors (Lipinski definition) is 1. The van der Waals surface area contributed by atoms with Crippen molar-refractivity contribution in [2.75, 3.05) is 11.9 Å². The van der Waals surface area contributed by atoms with E-state index in [0.29, 0.717) is 23.8 Å². The lowest BCUT2D eigenvalue weighted by Gasteiger charge is -2.22. The quantitative estimate of drug-likeness (QED) is 0.368. The van der Waals surface area contributed by atoms with Gasteiger partial charge in [0.25, 0.3) is 0 Å². The highest BCUT2D eigenvalue weighted by Crippen LogP contribution is 2.40. The zero-order chi connectivity index (χ0) is 24.5. The lowest BCUT2D eigenvalue weighted by atomic mass is 9.93. The van der Waals surface area contributed by atoms with E-state index in [9.17, 15) is 9.90 Å². The van der Waals surface area contributed by atoms with Gasteiger partial charge in [0.15, 0.2) is 0 Å². The largest absolute Gasteiger partial charge is 0.487 e. The molecule has 0 fully saturated rings. The molecular weight excluding hydrogens is 460 g/mol. The topological polar surface area (TPSA) is 62.7 Å². The molecule has 5 rings (SSSR count). The fourth-order valence-electron chi connectivity index (χ4n) is 4.79. The molecule has 1 aliphatic carbocycles. The third-order valence-corrected chi connectivity index (χ3v) is 7.01. The van der Waals surface area contributed by atoms with Crippen LogP contribution in [0.25, 0.3) is 10.9 Å². The second-order valence-electron chi connectivity index (χ2n) is 9.11. The number of nitrogens with zero attached hydrogens (tertiary/aromatic N) is 2. The first-order chi connectivity index (χ1) is 16.9. The first-order valence-electron chi connectivity index (χ1n) is 11.7. The molecule has 0 saturated carbocycles. The SMILES string of the molecule is CC(=O)N(C)c1ccccc1CC1Cc2ccc(OCc3ccc4ccc(Cl)cc4n3)cc2C1O. The van der Waals surface area contributed by atoms with Gasteiger partial charge >= 0.3 is 0 Å². The van der Waals surface area contributed by atoms with Gasteiger partial charge in [-0.25, -0.2) is 4.98 Å². The van der Waals surface area contributed by atoms with E-state index >= 15 is 0 Å². The van der Waals surface area contributed by atoms with Gasteiger partial charge in [0.1, 0.15) is 12.4 Å². The maximum atomic E-state index is 11.9. The van der Waals surface area contributed by atoms with Crippen molar-refractivity contribution in [1.29, 1.82) is 0 Å². The summed E-state index contributed by atoms with van der Waals surface area (Å²) in [5.41, 5.74) is 5.62. The number of halogens is 1. The lowest BCUT2D eigenvalue weighted by Crippen LogP contribution is -2.24. The molecule has 1 aliphatic rings. The van der Waals surface area contributed by atoms with Gasteiger partial charge in [-0.2, -0.15) is 0 Å². The Bertz CT molecular complexity index is 1400. The maximum absolute atomic E-state index is 11.9. The third-order valence-electron chi connectivity index (χ3n) is 6.77. The standard InChI is InChI=1S/C29H27ClN2O3/c1-18(33)32(2)28-6-4-3-5-21(28)14-22-13-20-9-12-25(16-26(20)29(22)34)35-17-24-11-8-19-7-10-23(30)15-27(19)31-24/h3-12,15-16,22,29,34H,13-14,17H2,1-2H3. The zero-order valence-electron chi connectivity index (χ0n) is 19.7. The summed E-state index contributed by atoms with van der Waals surface area (Å²) in [6.45, 7) is 1.88. The number of hydrogen-bond acceptors (Lipinski definition) is 4. The van der Waals surface area contributed by atoms with E-state index in [4.69, 9.17) is 16.3 Å². The van der Waals surface area contributed by atoms with E-state index < -0.39 is 6.10 Å². The predicted octanol–water partition coefficient (Wildman–Crippen LogP) is 5.90. The molecule has 0 aliphatic heterocycles. The van der Waals surface area contributed by atoms with Gasteiger partial charge in [-0.3, -0.25) is 4.79 Å². The average Bonchev–Trinajstić information content (AvgIpc) is 3.16. The zero-order valence-corrected chi connectivity index (χ0v) is 20.5. The Labute approximate surface area is 209 Å². The molecule has 0 spiro atoms. The average molecular weight is 487 g/mol. The number of ether oxygens (including phenoxy) is 1. The van der Waals surface area contributed by atoms with Crippen LogP contribution in [0.2, 0.25) is 5.02 Å². The van der Waals surface area contributed by atoms with Crippen LogP contribution in [0.15, 0.2) is 72.8 Å². The Morgan fingerprint density at radius 1 is 1.11 bits per heavy atom. The van der Waals surface area contributed by atoms with Gasteiger partial charge in [-0.15, -0.1) is 0 Å². The molecule has 2 atom stereocenters. The minimum absolute atomic E-state index is 0.0153. The highest BCUT2D eigenvalue weighted by atomic mass is 35.5. The minimum Gasteiger partial charge on any atom is -0.487 e. The summed E-state index contributed by atoms with van der Waals surface area (Å²) in [7, 11) is 1.78. The van der Waals surface area contributed by atoms with Gasteiger partial charge < -0.3 is 14.7 Å². The van der Waals surface area contributed by atoms with Crippen LogP contribution in [0, 0.1) is 5.92 Å². The minimum atomic E-state index is -0.592. The van der Waals surface area contributed by atoms with E-state index in [1.165, 1.54) is 0 Å². The number of aromatic nitrogens is 1. The molecule has 1 aromatic heterocycles. The summed E-state index contributed by atoms with van der Waals surface area (Å²) in [5.74, 6) is 0.723. The monoisotopic (exact) mass is 486 g/mol. The molecule has 35 heavy (non-hydrogen) atoms. The van der Waals surface area contributed by atoms with Crippen molar-refractivity contribution in [2.45, 2.75) is 32.5 Å². The first-order valence-corrected chi connectivity index (χ1v) is 12.1. The van der Waals surface area contributed by atoms with Crippen LogP contribution >= 0.6 is 11.6 Å². The fourth-order valence-corrected chi connectivity index (χ4v) is 4.96. The van der Waals surface area contributed by atoms with Crippen molar-refractivity contribution in [3.8, 4) is 5.75 Å². The highest BCUT2D eigenvalue weighted by Gasteiger charge is 2.32. The van der Waals surface area contributed by atoms with Crippen LogP contribution in [0.4, 0.5) is 5.69 Å². The van der Waals surface area contributed by atoms with E-state index in [1.54, 1.807) is 18.9 Å². The number of fused-ring (bicyclic) bond motifs is 2. The van der Waals surface area contributed by atoms with Crippen LogP contribution in [-0.4, -0.2) is 23.0 Å². The molecule has 5 nitrogen and oxygen atoms in total. The summed E-state index contributed by atoms with van der Waals surface area (Å²) >= 11 is 6.10. The Morgan fingerprint density at radius 2 is 1.91 bits per heavy atom. The number of benzene rings is 3. The predicted molar refractivity (Wildman–Crippen MR) is 139 cm³/mol. The molecule has 0 bridgehead atoms. The number of anilines is 1. The molecule has 4 aromatic rings. The number of carbonyl (C=O) groups excluding carboxylic acids is 1. The van der Waals surface area contributed by atoms with E-state index in [-0.39, 0.29) is 11.8 Å². The molecule has 2 unspecified atom stereocenters. The molecule has 1 heterocycles. The number of pyridine rings is 1. The van der Waals surface area contributed by atoms with Crippen molar-refractivity contribution in [3.05, 3.63) is 100 Å². The van der Waals surface area contributed by atoms with Crippen LogP contribution in [0.3, 0.4) is 0 Å². The fraction of sp³-hybridized carbons (Fsp3) is 0.241. The number of aliphatic hydroxyl groups excluding tert-OH is 1. The van der Waals surface area contributed by atoms with Gasteiger partial charge in [-0.1, -0.05) is 48.0 Å². The van der Waals surface area contributed by atoms with E-state index in [1.807, 2.05) is 72.8 Å². The lowest BCUT2D eigenvalue weighted by molar-refractivity contribution is -0.116. The molecule has 0 saturated heterocycles. The van der Waals surface area contributed by atoms with Crippen molar-refractivity contribution >= 4 is 34.1 Å². The van der Waals surface area contributed by atoms with Crippen LogP contribution < -0.4 is 9.64 Å². The van der Waals surface area contributed by atoms with Gasteiger partial charge in [0.05, 0.1) is 17.3 Å². The van der Waals surface area contributed by atoms with Crippen LogP contribution in [0.5, 0.6) is 5.75 Å². The second kappa shape index (κ2) is 9.68. The summed E-state index contributed by atoms with van der Waals surface area (Å²) in [4.78, 5) is 18.2. The Kier molecular flexibility index (Phi) is 6.46. The number of aliphatic hydroxyl groups is 1.